The van der Waals surface area contributed by atoms with Crippen molar-refractivity contribution < 1.29 is 9.90 Å². The molecule has 20 heavy (non-hydrogen) atoms. The van der Waals surface area contributed by atoms with Gasteiger partial charge in [0.05, 0.1) is 23.1 Å². The first-order chi connectivity index (χ1) is 9.50. The maximum absolute atomic E-state index is 10.8. The Morgan fingerprint density at radius 2 is 2.20 bits per heavy atom. The van der Waals surface area contributed by atoms with E-state index in [0.29, 0.717) is 6.42 Å². The molecule has 2 heterocycles. The van der Waals surface area contributed by atoms with Crippen LogP contribution in [0.5, 0.6) is 0 Å². The number of carboxylic acid groups (broad SMARTS) is 1. The molecule has 1 N–H and O–H groups in total. The summed E-state index contributed by atoms with van der Waals surface area (Å²) in [6.07, 6.45) is 0.583. The number of aliphatic carboxylic acids is 1. The highest BCUT2D eigenvalue weighted by Crippen LogP contribution is 2.28. The van der Waals surface area contributed by atoms with Gasteiger partial charge >= 0.3 is 5.97 Å². The minimum Gasteiger partial charge on any atom is -0.481 e. The summed E-state index contributed by atoms with van der Waals surface area (Å²) in [6.45, 7) is 2.04. The van der Waals surface area contributed by atoms with Crippen LogP contribution in [0.1, 0.15) is 17.7 Å². The summed E-state index contributed by atoms with van der Waals surface area (Å²) in [6, 6.07) is 6.06. The van der Waals surface area contributed by atoms with E-state index < -0.39 is 5.97 Å². The Morgan fingerprint density at radius 3 is 2.90 bits per heavy atom. The molecule has 0 spiro atoms. The summed E-state index contributed by atoms with van der Waals surface area (Å²) < 4.78 is 4.86. The summed E-state index contributed by atoms with van der Waals surface area (Å²) in [5.74, 6) is 0.0259. The maximum Gasteiger partial charge on any atom is 0.303 e. The molecule has 3 aromatic rings. The Balaban J connectivity index is 2.26. The van der Waals surface area contributed by atoms with Crippen LogP contribution in [0, 0.1) is 6.92 Å². The van der Waals surface area contributed by atoms with Crippen LogP contribution in [-0.4, -0.2) is 25.0 Å². The standard InChI is InChI=1S/C14H14BrN3O2/c1-8-4-3-5-9-12(8)16-14-17(2)10(6-7-11(19)20)13(15)18(9)14/h3-5H,6-7H2,1-2H3,(H,19,20). The van der Waals surface area contributed by atoms with Gasteiger partial charge in [-0.05, 0) is 34.5 Å². The second kappa shape index (κ2) is 4.63. The first-order valence-corrected chi connectivity index (χ1v) is 7.12. The fourth-order valence-corrected chi connectivity index (χ4v) is 3.34. The van der Waals surface area contributed by atoms with Crippen molar-refractivity contribution in [1.82, 2.24) is 14.0 Å². The second-order valence-electron chi connectivity index (χ2n) is 4.88. The number of halogens is 1. The Morgan fingerprint density at radius 1 is 1.45 bits per heavy atom. The summed E-state index contributed by atoms with van der Waals surface area (Å²) in [5, 5.41) is 8.84. The van der Waals surface area contributed by atoms with Crippen LogP contribution in [0.4, 0.5) is 0 Å². The molecule has 0 atom stereocenters. The van der Waals surface area contributed by atoms with Crippen molar-refractivity contribution in [3.63, 3.8) is 0 Å². The number of para-hydroxylation sites is 1. The van der Waals surface area contributed by atoms with Crippen LogP contribution in [0.2, 0.25) is 0 Å². The van der Waals surface area contributed by atoms with Gasteiger partial charge in [-0.15, -0.1) is 0 Å². The molecule has 0 aliphatic rings. The van der Waals surface area contributed by atoms with E-state index in [-0.39, 0.29) is 6.42 Å². The molecule has 3 rings (SSSR count). The molecule has 0 bridgehead atoms. The highest BCUT2D eigenvalue weighted by molar-refractivity contribution is 9.10. The Bertz CT molecular complexity index is 832. The molecular weight excluding hydrogens is 322 g/mol. The molecule has 0 saturated heterocycles. The SMILES string of the molecule is Cc1cccc2c1nc1n(C)c(CCC(=O)O)c(Br)n21. The van der Waals surface area contributed by atoms with Gasteiger partial charge in [-0.1, -0.05) is 12.1 Å². The lowest BCUT2D eigenvalue weighted by Gasteiger charge is -2.02. The van der Waals surface area contributed by atoms with Crippen LogP contribution in [-0.2, 0) is 18.3 Å². The first kappa shape index (κ1) is 13.2. The van der Waals surface area contributed by atoms with Crippen molar-refractivity contribution in [2.45, 2.75) is 19.8 Å². The van der Waals surface area contributed by atoms with Gasteiger partial charge in [-0.25, -0.2) is 4.98 Å². The van der Waals surface area contributed by atoms with E-state index in [1.54, 1.807) is 0 Å². The third-order valence-corrected chi connectivity index (χ3v) is 4.40. The van der Waals surface area contributed by atoms with Gasteiger partial charge in [0.15, 0.2) is 0 Å². The summed E-state index contributed by atoms with van der Waals surface area (Å²) in [7, 11) is 1.92. The fourth-order valence-electron chi connectivity index (χ4n) is 2.53. The number of imidazole rings is 2. The number of hydrogen-bond acceptors (Lipinski definition) is 2. The molecule has 0 amide bonds. The van der Waals surface area contributed by atoms with Crippen molar-refractivity contribution in [3.8, 4) is 0 Å². The molecule has 0 aliphatic carbocycles. The van der Waals surface area contributed by atoms with E-state index in [4.69, 9.17) is 5.11 Å². The molecular formula is C14H14BrN3O2. The molecule has 0 fully saturated rings. The number of benzene rings is 1. The lowest BCUT2D eigenvalue weighted by atomic mass is 10.2. The van der Waals surface area contributed by atoms with Crippen LogP contribution in [0.3, 0.4) is 0 Å². The molecule has 0 radical (unpaired) electrons. The largest absolute Gasteiger partial charge is 0.481 e. The Labute approximate surface area is 124 Å². The Hall–Kier alpha value is -1.82. The average molecular weight is 336 g/mol. The first-order valence-electron chi connectivity index (χ1n) is 6.33. The number of carbonyl (C=O) groups is 1. The monoisotopic (exact) mass is 335 g/mol. The number of nitrogens with zero attached hydrogens (tertiary/aromatic N) is 3. The van der Waals surface area contributed by atoms with E-state index in [1.807, 2.05) is 41.1 Å². The average Bonchev–Trinajstić information content (AvgIpc) is 2.87. The van der Waals surface area contributed by atoms with Crippen molar-refractivity contribution in [1.29, 1.82) is 0 Å². The molecule has 0 aliphatic heterocycles. The van der Waals surface area contributed by atoms with Gasteiger partial charge < -0.3 is 9.67 Å². The van der Waals surface area contributed by atoms with E-state index in [1.165, 1.54) is 0 Å². The highest BCUT2D eigenvalue weighted by atomic mass is 79.9. The summed E-state index contributed by atoms with van der Waals surface area (Å²) in [4.78, 5) is 15.4. The predicted molar refractivity (Wildman–Crippen MR) is 80.1 cm³/mol. The Kier molecular flexibility index (Phi) is 3.05. The molecule has 6 heteroatoms. The highest BCUT2D eigenvalue weighted by Gasteiger charge is 2.18. The maximum atomic E-state index is 10.8. The van der Waals surface area contributed by atoms with E-state index in [2.05, 4.69) is 20.9 Å². The van der Waals surface area contributed by atoms with Gasteiger partial charge in [-0.2, -0.15) is 0 Å². The number of aromatic nitrogens is 3. The number of rotatable bonds is 3. The van der Waals surface area contributed by atoms with Crippen LogP contribution >= 0.6 is 15.9 Å². The molecule has 1 aromatic carbocycles. The van der Waals surface area contributed by atoms with Crippen LogP contribution in [0.15, 0.2) is 22.8 Å². The second-order valence-corrected chi connectivity index (χ2v) is 5.63. The lowest BCUT2D eigenvalue weighted by Crippen LogP contribution is -2.02. The smallest absolute Gasteiger partial charge is 0.303 e. The third-order valence-electron chi connectivity index (χ3n) is 3.58. The van der Waals surface area contributed by atoms with Gasteiger partial charge in [0.1, 0.15) is 4.60 Å². The third kappa shape index (κ3) is 1.83. The van der Waals surface area contributed by atoms with Crippen LogP contribution in [0.25, 0.3) is 16.8 Å². The minimum atomic E-state index is -0.795. The van der Waals surface area contributed by atoms with Gasteiger partial charge in [0.25, 0.3) is 0 Å². The number of fused-ring (bicyclic) bond motifs is 3. The molecule has 104 valence electrons. The molecule has 2 aromatic heterocycles. The van der Waals surface area contributed by atoms with Gasteiger partial charge in [0.2, 0.25) is 5.78 Å². The van der Waals surface area contributed by atoms with Gasteiger partial charge in [0, 0.05) is 13.5 Å². The number of aryl methyl sites for hydroxylation is 2. The van der Waals surface area contributed by atoms with Gasteiger partial charge in [-0.3, -0.25) is 9.20 Å². The van der Waals surface area contributed by atoms with Crippen molar-refractivity contribution >= 4 is 38.7 Å². The molecule has 0 saturated carbocycles. The molecule has 5 nitrogen and oxygen atoms in total. The van der Waals surface area contributed by atoms with E-state index in [0.717, 1.165) is 32.7 Å². The summed E-state index contributed by atoms with van der Waals surface area (Å²) >= 11 is 3.59. The zero-order chi connectivity index (χ0) is 14.4. The van der Waals surface area contributed by atoms with Crippen molar-refractivity contribution in [3.05, 3.63) is 34.1 Å². The fraction of sp³-hybridized carbons (Fsp3) is 0.286. The lowest BCUT2D eigenvalue weighted by molar-refractivity contribution is -0.136. The zero-order valence-corrected chi connectivity index (χ0v) is 12.8. The normalized spacial score (nSPS) is 11.6. The van der Waals surface area contributed by atoms with Crippen LogP contribution < -0.4 is 0 Å². The van der Waals surface area contributed by atoms with E-state index >= 15 is 0 Å². The van der Waals surface area contributed by atoms with Crippen molar-refractivity contribution in [2.75, 3.05) is 0 Å². The molecule has 0 unspecified atom stereocenters. The minimum absolute atomic E-state index is 0.108. The number of carboxylic acids is 1. The quantitative estimate of drug-likeness (QED) is 0.800. The topological polar surface area (TPSA) is 59.5 Å². The van der Waals surface area contributed by atoms with Crippen molar-refractivity contribution in [2.24, 2.45) is 7.05 Å². The van der Waals surface area contributed by atoms with E-state index in [9.17, 15) is 4.79 Å². The number of hydrogen-bond donors (Lipinski definition) is 1. The summed E-state index contributed by atoms with van der Waals surface area (Å²) in [5.41, 5.74) is 4.08. The predicted octanol–water partition coefficient (Wildman–Crippen LogP) is 2.91. The zero-order valence-electron chi connectivity index (χ0n) is 11.2.